The van der Waals surface area contributed by atoms with Gasteiger partial charge < -0.3 is 5.11 Å². The Hall–Kier alpha value is -0.560. The van der Waals surface area contributed by atoms with E-state index < -0.39 is 0 Å². The van der Waals surface area contributed by atoms with E-state index in [1.807, 2.05) is 6.08 Å². The summed E-state index contributed by atoms with van der Waals surface area (Å²) >= 11 is 0. The Morgan fingerprint density at radius 1 is 1.09 bits per heavy atom. The second-order valence-electron chi connectivity index (χ2n) is 2.57. The van der Waals surface area contributed by atoms with Crippen molar-refractivity contribution in [2.75, 3.05) is 6.61 Å². The third-order valence-corrected chi connectivity index (χ3v) is 1.50. The first-order valence-electron chi connectivity index (χ1n) is 4.28. The average Bonchev–Trinajstić information content (AvgIpc) is 2.03. The lowest BCUT2D eigenvalue weighted by Crippen LogP contribution is -1.81. The average molecular weight is 154 g/mol. The fraction of sp³-hybridized carbons (Fsp3) is 0.600. The fourth-order valence-corrected chi connectivity index (χ4v) is 0.861. The van der Waals surface area contributed by atoms with Gasteiger partial charge in [-0.2, -0.15) is 0 Å². The lowest BCUT2D eigenvalue weighted by Gasteiger charge is -1.92. The van der Waals surface area contributed by atoms with Crippen molar-refractivity contribution in [2.45, 2.75) is 32.1 Å². The van der Waals surface area contributed by atoms with E-state index in [0.29, 0.717) is 6.61 Å². The Morgan fingerprint density at radius 2 is 1.91 bits per heavy atom. The van der Waals surface area contributed by atoms with Crippen LogP contribution in [-0.2, 0) is 0 Å². The molecule has 1 heteroatoms. The minimum Gasteiger partial charge on any atom is -0.396 e. The monoisotopic (exact) mass is 154 g/mol. The van der Waals surface area contributed by atoms with Gasteiger partial charge in [0.1, 0.15) is 0 Å². The molecule has 64 valence electrons. The van der Waals surface area contributed by atoms with Crippen LogP contribution in [0.3, 0.4) is 0 Å². The summed E-state index contributed by atoms with van der Waals surface area (Å²) in [7, 11) is 0. The van der Waals surface area contributed by atoms with Crippen LogP contribution >= 0.6 is 0 Å². The second-order valence-corrected chi connectivity index (χ2v) is 2.57. The van der Waals surface area contributed by atoms with E-state index in [2.05, 4.69) is 18.7 Å². The van der Waals surface area contributed by atoms with Gasteiger partial charge in [0.2, 0.25) is 0 Å². The fourth-order valence-electron chi connectivity index (χ4n) is 0.861. The van der Waals surface area contributed by atoms with Gasteiger partial charge in [0.15, 0.2) is 0 Å². The van der Waals surface area contributed by atoms with Crippen LogP contribution in [0.4, 0.5) is 0 Å². The molecule has 0 aliphatic rings. The van der Waals surface area contributed by atoms with Crippen LogP contribution in [0.25, 0.3) is 0 Å². The van der Waals surface area contributed by atoms with Gasteiger partial charge in [-0.25, -0.2) is 0 Å². The van der Waals surface area contributed by atoms with Gasteiger partial charge in [0.25, 0.3) is 0 Å². The molecular weight excluding hydrogens is 136 g/mol. The highest BCUT2D eigenvalue weighted by Gasteiger charge is 1.83. The summed E-state index contributed by atoms with van der Waals surface area (Å²) in [5, 5.41) is 8.48. The van der Waals surface area contributed by atoms with Gasteiger partial charge in [0, 0.05) is 6.61 Å². The SMILES string of the molecule is C=CCC=CCCCCCO. The number of aliphatic hydroxyl groups excluding tert-OH is 1. The van der Waals surface area contributed by atoms with E-state index in [0.717, 1.165) is 25.7 Å². The zero-order valence-electron chi connectivity index (χ0n) is 7.13. The normalized spacial score (nSPS) is 10.6. The highest BCUT2D eigenvalue weighted by atomic mass is 16.2. The molecule has 11 heavy (non-hydrogen) atoms. The lowest BCUT2D eigenvalue weighted by molar-refractivity contribution is 0.283. The van der Waals surface area contributed by atoms with E-state index >= 15 is 0 Å². The van der Waals surface area contributed by atoms with Crippen LogP contribution in [0.15, 0.2) is 24.8 Å². The Bertz CT molecular complexity index is 105. The molecule has 0 radical (unpaired) electrons. The first-order chi connectivity index (χ1) is 5.41. The molecule has 0 aromatic heterocycles. The highest BCUT2D eigenvalue weighted by molar-refractivity contribution is 4.87. The van der Waals surface area contributed by atoms with Crippen molar-refractivity contribution in [1.29, 1.82) is 0 Å². The minimum atomic E-state index is 0.330. The quantitative estimate of drug-likeness (QED) is 0.441. The van der Waals surface area contributed by atoms with Crippen LogP contribution in [-0.4, -0.2) is 11.7 Å². The van der Waals surface area contributed by atoms with Crippen molar-refractivity contribution < 1.29 is 5.11 Å². The third kappa shape index (κ3) is 9.44. The first kappa shape index (κ1) is 10.4. The third-order valence-electron chi connectivity index (χ3n) is 1.50. The maximum absolute atomic E-state index is 8.48. The Labute approximate surface area is 69.4 Å². The van der Waals surface area contributed by atoms with Crippen molar-refractivity contribution in [3.63, 3.8) is 0 Å². The number of allylic oxidation sites excluding steroid dienone is 3. The second kappa shape index (κ2) is 9.44. The molecule has 0 spiro atoms. The molecule has 0 saturated carbocycles. The number of aliphatic hydroxyl groups is 1. The van der Waals surface area contributed by atoms with Crippen molar-refractivity contribution >= 4 is 0 Å². The zero-order valence-corrected chi connectivity index (χ0v) is 7.13. The van der Waals surface area contributed by atoms with Gasteiger partial charge in [0.05, 0.1) is 0 Å². The van der Waals surface area contributed by atoms with Crippen LogP contribution in [0, 0.1) is 0 Å². The molecule has 0 amide bonds. The highest BCUT2D eigenvalue weighted by Crippen LogP contribution is 2.00. The number of hydrogen-bond donors (Lipinski definition) is 1. The first-order valence-corrected chi connectivity index (χ1v) is 4.28. The van der Waals surface area contributed by atoms with E-state index in [-0.39, 0.29) is 0 Å². The molecular formula is C10H18O. The zero-order chi connectivity index (χ0) is 8.36. The van der Waals surface area contributed by atoms with Gasteiger partial charge in [-0.3, -0.25) is 0 Å². The molecule has 1 N–H and O–H groups in total. The van der Waals surface area contributed by atoms with Crippen LogP contribution in [0.1, 0.15) is 32.1 Å². The van der Waals surface area contributed by atoms with Crippen LogP contribution in [0.2, 0.25) is 0 Å². The van der Waals surface area contributed by atoms with Crippen molar-refractivity contribution in [3.05, 3.63) is 24.8 Å². The van der Waals surface area contributed by atoms with Crippen LogP contribution in [0.5, 0.6) is 0 Å². The van der Waals surface area contributed by atoms with Crippen LogP contribution < -0.4 is 0 Å². The van der Waals surface area contributed by atoms with Gasteiger partial charge in [-0.05, 0) is 25.7 Å². The molecule has 1 nitrogen and oxygen atoms in total. The summed E-state index contributed by atoms with van der Waals surface area (Å²) in [5.41, 5.74) is 0. The molecule has 0 unspecified atom stereocenters. The summed E-state index contributed by atoms with van der Waals surface area (Å²) in [5.74, 6) is 0. The molecule has 0 rings (SSSR count). The molecule has 0 heterocycles. The van der Waals surface area contributed by atoms with Gasteiger partial charge in [-0.1, -0.05) is 24.6 Å². The Balaban J connectivity index is 2.94. The topological polar surface area (TPSA) is 20.2 Å². The largest absolute Gasteiger partial charge is 0.396 e. The number of rotatable bonds is 7. The molecule has 0 bridgehead atoms. The number of hydrogen-bond acceptors (Lipinski definition) is 1. The molecule has 0 atom stereocenters. The van der Waals surface area contributed by atoms with Gasteiger partial charge >= 0.3 is 0 Å². The lowest BCUT2D eigenvalue weighted by atomic mass is 10.2. The molecule has 0 aromatic carbocycles. The molecule has 0 aromatic rings. The summed E-state index contributed by atoms with van der Waals surface area (Å²) in [6, 6.07) is 0. The minimum absolute atomic E-state index is 0.330. The van der Waals surface area contributed by atoms with E-state index in [1.54, 1.807) is 0 Å². The van der Waals surface area contributed by atoms with E-state index in [1.165, 1.54) is 6.42 Å². The van der Waals surface area contributed by atoms with Crippen molar-refractivity contribution in [3.8, 4) is 0 Å². The smallest absolute Gasteiger partial charge is 0.0431 e. The maximum Gasteiger partial charge on any atom is 0.0431 e. The Kier molecular flexibility index (Phi) is 8.96. The summed E-state index contributed by atoms with van der Waals surface area (Å²) in [6.45, 7) is 3.95. The molecule has 0 aliphatic heterocycles. The van der Waals surface area contributed by atoms with E-state index in [4.69, 9.17) is 5.11 Å². The molecule has 0 fully saturated rings. The predicted molar refractivity (Wildman–Crippen MR) is 49.5 cm³/mol. The Morgan fingerprint density at radius 3 is 2.55 bits per heavy atom. The summed E-state index contributed by atoms with van der Waals surface area (Å²) in [6.07, 6.45) is 11.6. The summed E-state index contributed by atoms with van der Waals surface area (Å²) in [4.78, 5) is 0. The standard InChI is InChI=1S/C10H18O/c1-2-3-4-5-6-7-8-9-10-11/h2,4-5,11H,1,3,6-10H2. The summed E-state index contributed by atoms with van der Waals surface area (Å²) < 4.78 is 0. The van der Waals surface area contributed by atoms with E-state index in [9.17, 15) is 0 Å². The van der Waals surface area contributed by atoms with Crippen molar-refractivity contribution in [2.24, 2.45) is 0 Å². The molecule has 0 aliphatic carbocycles. The van der Waals surface area contributed by atoms with Gasteiger partial charge in [-0.15, -0.1) is 6.58 Å². The predicted octanol–water partition coefficient (Wildman–Crippen LogP) is 2.67. The number of unbranched alkanes of at least 4 members (excludes halogenated alkanes) is 3. The van der Waals surface area contributed by atoms with Crippen molar-refractivity contribution in [1.82, 2.24) is 0 Å². The maximum atomic E-state index is 8.48. The molecule has 0 saturated heterocycles.